The van der Waals surface area contributed by atoms with Gasteiger partial charge in [0, 0.05) is 11.9 Å². The van der Waals surface area contributed by atoms with Crippen molar-refractivity contribution in [3.63, 3.8) is 0 Å². The van der Waals surface area contributed by atoms with E-state index in [-0.39, 0.29) is 0 Å². The molecule has 0 heterocycles. The SMILES string of the molecule is CNCc1ccccc1C=CCCBr. The first-order chi connectivity index (χ1) is 6.88. The fourth-order valence-electron chi connectivity index (χ4n) is 1.32. The lowest BCUT2D eigenvalue weighted by atomic mass is 10.1. The molecule has 76 valence electrons. The van der Waals surface area contributed by atoms with E-state index in [4.69, 9.17) is 0 Å². The summed E-state index contributed by atoms with van der Waals surface area (Å²) < 4.78 is 0. The van der Waals surface area contributed by atoms with Gasteiger partial charge in [-0.1, -0.05) is 52.3 Å². The first-order valence-corrected chi connectivity index (χ1v) is 5.95. The van der Waals surface area contributed by atoms with Crippen molar-refractivity contribution in [2.24, 2.45) is 0 Å². The van der Waals surface area contributed by atoms with Crippen LogP contribution in [0.1, 0.15) is 17.5 Å². The van der Waals surface area contributed by atoms with E-state index >= 15 is 0 Å². The van der Waals surface area contributed by atoms with Gasteiger partial charge in [-0.15, -0.1) is 0 Å². The lowest BCUT2D eigenvalue weighted by Gasteiger charge is -2.04. The Bertz CT molecular complexity index is 294. The minimum Gasteiger partial charge on any atom is -0.316 e. The van der Waals surface area contributed by atoms with Crippen LogP contribution in [0.4, 0.5) is 0 Å². The summed E-state index contributed by atoms with van der Waals surface area (Å²) >= 11 is 3.41. The average Bonchev–Trinajstić information content (AvgIpc) is 2.21. The lowest BCUT2D eigenvalue weighted by Crippen LogP contribution is -2.06. The van der Waals surface area contributed by atoms with Gasteiger partial charge in [-0.3, -0.25) is 0 Å². The van der Waals surface area contributed by atoms with Gasteiger partial charge in [0.05, 0.1) is 0 Å². The van der Waals surface area contributed by atoms with E-state index < -0.39 is 0 Å². The minimum absolute atomic E-state index is 0.925. The molecule has 0 aromatic heterocycles. The predicted molar refractivity (Wildman–Crippen MR) is 66.7 cm³/mol. The number of rotatable bonds is 5. The van der Waals surface area contributed by atoms with Crippen molar-refractivity contribution < 1.29 is 0 Å². The van der Waals surface area contributed by atoms with Crippen LogP contribution in [-0.4, -0.2) is 12.4 Å². The molecule has 0 aliphatic heterocycles. The molecule has 1 N–H and O–H groups in total. The molecular formula is C12H16BrN. The summed E-state index contributed by atoms with van der Waals surface area (Å²) in [5.41, 5.74) is 2.66. The monoisotopic (exact) mass is 253 g/mol. The fourth-order valence-corrected chi connectivity index (χ4v) is 1.59. The van der Waals surface area contributed by atoms with Crippen LogP contribution in [0.5, 0.6) is 0 Å². The summed E-state index contributed by atoms with van der Waals surface area (Å²) in [4.78, 5) is 0. The summed E-state index contributed by atoms with van der Waals surface area (Å²) in [5, 5.41) is 4.20. The molecule has 0 unspecified atom stereocenters. The Morgan fingerprint density at radius 3 is 2.86 bits per heavy atom. The van der Waals surface area contributed by atoms with Gasteiger partial charge in [-0.2, -0.15) is 0 Å². The van der Waals surface area contributed by atoms with Crippen LogP contribution in [-0.2, 0) is 6.54 Å². The van der Waals surface area contributed by atoms with Gasteiger partial charge in [0.1, 0.15) is 0 Å². The standard InChI is InChI=1S/C12H16BrN/c1-14-10-12-8-3-2-6-11(12)7-4-5-9-13/h2-4,6-8,14H,5,9-10H2,1H3. The second-order valence-corrected chi connectivity index (χ2v) is 3.90. The Balaban J connectivity index is 2.73. The molecule has 0 amide bonds. The molecule has 1 aromatic carbocycles. The highest BCUT2D eigenvalue weighted by molar-refractivity contribution is 9.09. The molecule has 0 radical (unpaired) electrons. The molecule has 0 fully saturated rings. The van der Waals surface area contributed by atoms with E-state index in [0.717, 1.165) is 18.3 Å². The van der Waals surface area contributed by atoms with E-state index in [1.165, 1.54) is 11.1 Å². The zero-order chi connectivity index (χ0) is 10.2. The molecule has 14 heavy (non-hydrogen) atoms. The van der Waals surface area contributed by atoms with Crippen LogP contribution in [0, 0.1) is 0 Å². The molecule has 0 saturated heterocycles. The highest BCUT2D eigenvalue weighted by Gasteiger charge is 1.95. The summed E-state index contributed by atoms with van der Waals surface area (Å²) in [7, 11) is 1.97. The summed E-state index contributed by atoms with van der Waals surface area (Å²) in [5.74, 6) is 0. The van der Waals surface area contributed by atoms with Gasteiger partial charge in [0.25, 0.3) is 0 Å². The molecule has 0 saturated carbocycles. The Labute approximate surface area is 94.3 Å². The fraction of sp³-hybridized carbons (Fsp3) is 0.333. The highest BCUT2D eigenvalue weighted by atomic mass is 79.9. The normalized spacial score (nSPS) is 11.0. The third-order valence-corrected chi connectivity index (χ3v) is 2.45. The molecule has 0 bridgehead atoms. The van der Waals surface area contributed by atoms with Crippen LogP contribution in [0.3, 0.4) is 0 Å². The molecule has 2 heteroatoms. The second kappa shape index (κ2) is 6.80. The van der Waals surface area contributed by atoms with Crippen LogP contribution in [0.25, 0.3) is 6.08 Å². The van der Waals surface area contributed by atoms with Crippen molar-refractivity contribution in [2.45, 2.75) is 13.0 Å². The van der Waals surface area contributed by atoms with Gasteiger partial charge in [-0.25, -0.2) is 0 Å². The smallest absolute Gasteiger partial charge is 0.0208 e. The molecule has 1 rings (SSSR count). The van der Waals surface area contributed by atoms with Gasteiger partial charge >= 0.3 is 0 Å². The number of hydrogen-bond acceptors (Lipinski definition) is 1. The Morgan fingerprint density at radius 1 is 1.36 bits per heavy atom. The average molecular weight is 254 g/mol. The molecule has 0 aliphatic rings. The maximum absolute atomic E-state index is 3.41. The summed E-state index contributed by atoms with van der Waals surface area (Å²) in [6, 6.07) is 8.46. The molecule has 1 nitrogen and oxygen atoms in total. The number of alkyl halides is 1. The van der Waals surface area contributed by atoms with Gasteiger partial charge in [-0.05, 0) is 24.6 Å². The minimum atomic E-state index is 0.925. The number of hydrogen-bond donors (Lipinski definition) is 1. The van der Waals surface area contributed by atoms with Crippen LogP contribution in [0.15, 0.2) is 30.3 Å². The number of benzene rings is 1. The first-order valence-electron chi connectivity index (χ1n) is 4.83. The second-order valence-electron chi connectivity index (χ2n) is 3.11. The van der Waals surface area contributed by atoms with Crippen molar-refractivity contribution in [2.75, 3.05) is 12.4 Å². The number of halogens is 1. The van der Waals surface area contributed by atoms with Gasteiger partial charge in [0.2, 0.25) is 0 Å². The highest BCUT2D eigenvalue weighted by Crippen LogP contribution is 2.10. The molecular weight excluding hydrogens is 238 g/mol. The van der Waals surface area contributed by atoms with Gasteiger partial charge in [0.15, 0.2) is 0 Å². The van der Waals surface area contributed by atoms with Gasteiger partial charge < -0.3 is 5.32 Å². The van der Waals surface area contributed by atoms with E-state index in [9.17, 15) is 0 Å². The Hall–Kier alpha value is -0.600. The summed E-state index contributed by atoms with van der Waals surface area (Å²) in [6.07, 6.45) is 5.46. The van der Waals surface area contributed by atoms with Crippen molar-refractivity contribution in [1.29, 1.82) is 0 Å². The lowest BCUT2D eigenvalue weighted by molar-refractivity contribution is 0.816. The quantitative estimate of drug-likeness (QED) is 0.795. The van der Waals surface area contributed by atoms with Crippen LogP contribution < -0.4 is 5.32 Å². The maximum atomic E-state index is 3.41. The third-order valence-electron chi connectivity index (χ3n) is 2.00. The molecule has 0 aliphatic carbocycles. The number of allylic oxidation sites excluding steroid dienone is 1. The van der Waals surface area contributed by atoms with Crippen LogP contribution >= 0.6 is 15.9 Å². The predicted octanol–water partition coefficient (Wildman–Crippen LogP) is 3.20. The first kappa shape index (κ1) is 11.5. The van der Waals surface area contributed by atoms with Crippen molar-refractivity contribution in [3.05, 3.63) is 41.5 Å². The van der Waals surface area contributed by atoms with E-state index in [1.807, 2.05) is 7.05 Å². The Morgan fingerprint density at radius 2 is 2.14 bits per heavy atom. The molecule has 0 spiro atoms. The third kappa shape index (κ3) is 3.64. The van der Waals surface area contributed by atoms with Crippen molar-refractivity contribution in [3.8, 4) is 0 Å². The van der Waals surface area contributed by atoms with E-state index in [1.54, 1.807) is 0 Å². The zero-order valence-electron chi connectivity index (χ0n) is 8.46. The van der Waals surface area contributed by atoms with E-state index in [0.29, 0.717) is 0 Å². The maximum Gasteiger partial charge on any atom is 0.0208 e. The molecule has 0 atom stereocenters. The largest absolute Gasteiger partial charge is 0.316 e. The topological polar surface area (TPSA) is 12.0 Å². The zero-order valence-corrected chi connectivity index (χ0v) is 10.0. The van der Waals surface area contributed by atoms with Crippen LogP contribution in [0.2, 0.25) is 0 Å². The molecule has 1 aromatic rings. The van der Waals surface area contributed by atoms with E-state index in [2.05, 4.69) is 57.7 Å². The number of nitrogens with one attached hydrogen (secondary N) is 1. The summed E-state index contributed by atoms with van der Waals surface area (Å²) in [6.45, 7) is 0.925. The van der Waals surface area contributed by atoms with Crippen molar-refractivity contribution in [1.82, 2.24) is 5.32 Å². The Kier molecular flexibility index (Phi) is 5.57. The van der Waals surface area contributed by atoms with Crippen molar-refractivity contribution >= 4 is 22.0 Å².